The van der Waals surface area contributed by atoms with Gasteiger partial charge in [-0.3, -0.25) is 4.79 Å². The molecule has 0 radical (unpaired) electrons. The van der Waals surface area contributed by atoms with Gasteiger partial charge in [0.25, 0.3) is 0 Å². The first-order chi connectivity index (χ1) is 20.3. The average molecular weight is 630 g/mol. The van der Waals surface area contributed by atoms with Gasteiger partial charge in [-0.25, -0.2) is 4.98 Å². The van der Waals surface area contributed by atoms with Gasteiger partial charge in [0, 0.05) is 31.3 Å². The second-order valence-electron chi connectivity index (χ2n) is 14.8. The van der Waals surface area contributed by atoms with Gasteiger partial charge in [0.2, 0.25) is 0 Å². The second-order valence-corrected chi connectivity index (χ2v) is 19.6. The van der Waals surface area contributed by atoms with Crippen LogP contribution in [0.25, 0.3) is 11.1 Å². The average Bonchev–Trinajstić information content (AvgIpc) is 3.31. The number of oxazole rings is 1. The molecule has 1 unspecified atom stereocenters. The fourth-order valence-corrected chi connectivity index (χ4v) is 6.40. The standard InChI is InChI=1S/C36H59NO6Si/c1-12-15-28(33(40)25(3)18-13-16-24(2)17-14-21-42-44(10,11)35(5,6)7)34(41)36(8,9)32(39)23-30(38)27-19-20-31-29(22-27)37-26(4)43-31/h12,17,19-20,22,25,28,30,32-33,38-40H,1,13-16,18,21,23H2,2-11H3/t25-,28+,30?,32-,33-/m0/s1. The van der Waals surface area contributed by atoms with Gasteiger partial charge in [0.15, 0.2) is 19.8 Å². The molecule has 2 rings (SSSR count). The zero-order chi connectivity index (χ0) is 33.5. The maximum absolute atomic E-state index is 13.8. The Morgan fingerprint density at radius 2 is 1.82 bits per heavy atom. The van der Waals surface area contributed by atoms with Gasteiger partial charge < -0.3 is 24.2 Å². The number of hydrogen-bond acceptors (Lipinski definition) is 7. The van der Waals surface area contributed by atoms with Crippen molar-refractivity contribution in [3.8, 4) is 0 Å². The molecule has 2 aromatic rings. The number of allylic oxidation sites excluding steroid dienone is 2. The van der Waals surface area contributed by atoms with E-state index in [1.54, 1.807) is 45.0 Å². The highest BCUT2D eigenvalue weighted by molar-refractivity contribution is 6.74. The van der Waals surface area contributed by atoms with Crippen LogP contribution in [0.4, 0.5) is 0 Å². The van der Waals surface area contributed by atoms with Crippen LogP contribution in [0.15, 0.2) is 46.9 Å². The number of aliphatic hydroxyl groups is 3. The number of nitrogens with zero attached hydrogens (tertiary/aromatic N) is 1. The fourth-order valence-electron chi connectivity index (χ4n) is 5.34. The van der Waals surface area contributed by atoms with Crippen molar-refractivity contribution in [2.45, 2.75) is 130 Å². The highest BCUT2D eigenvalue weighted by Gasteiger charge is 2.43. The Bertz CT molecular complexity index is 1260. The largest absolute Gasteiger partial charge is 0.441 e. The van der Waals surface area contributed by atoms with Crippen LogP contribution in [0.5, 0.6) is 0 Å². The summed E-state index contributed by atoms with van der Waals surface area (Å²) in [6, 6.07) is 5.23. The van der Waals surface area contributed by atoms with Crippen molar-refractivity contribution in [2.75, 3.05) is 6.61 Å². The van der Waals surface area contributed by atoms with E-state index in [9.17, 15) is 20.1 Å². The molecule has 1 aromatic heterocycles. The van der Waals surface area contributed by atoms with Crippen LogP contribution in [0.3, 0.4) is 0 Å². The Labute approximate surface area is 266 Å². The number of fused-ring (bicyclic) bond motifs is 1. The Balaban J connectivity index is 1.95. The number of aromatic nitrogens is 1. The van der Waals surface area contributed by atoms with Crippen LogP contribution < -0.4 is 0 Å². The second kappa shape index (κ2) is 15.9. The molecule has 0 spiro atoms. The van der Waals surface area contributed by atoms with Crippen molar-refractivity contribution in [3.63, 3.8) is 0 Å². The van der Waals surface area contributed by atoms with Crippen molar-refractivity contribution < 1.29 is 29.0 Å². The number of Topliss-reactive ketones (excluding diaryl/α,β-unsaturated/α-hetero) is 1. The van der Waals surface area contributed by atoms with Gasteiger partial charge in [0.05, 0.1) is 18.3 Å². The van der Waals surface area contributed by atoms with E-state index in [0.717, 1.165) is 32.3 Å². The van der Waals surface area contributed by atoms with E-state index in [0.29, 0.717) is 29.0 Å². The zero-order valence-electron chi connectivity index (χ0n) is 28.9. The molecule has 0 saturated carbocycles. The van der Waals surface area contributed by atoms with E-state index in [4.69, 9.17) is 8.84 Å². The lowest BCUT2D eigenvalue weighted by Gasteiger charge is -2.36. The summed E-state index contributed by atoms with van der Waals surface area (Å²) in [6.45, 7) is 25.1. The molecule has 0 aliphatic rings. The van der Waals surface area contributed by atoms with Crippen molar-refractivity contribution in [2.24, 2.45) is 17.3 Å². The predicted molar refractivity (Wildman–Crippen MR) is 182 cm³/mol. The summed E-state index contributed by atoms with van der Waals surface area (Å²) in [5.74, 6) is -0.483. The number of benzene rings is 1. The number of carbonyl (C=O) groups is 1. The molecule has 0 aliphatic heterocycles. The monoisotopic (exact) mass is 629 g/mol. The molecule has 1 aromatic carbocycles. The van der Waals surface area contributed by atoms with Crippen molar-refractivity contribution in [1.29, 1.82) is 0 Å². The highest BCUT2D eigenvalue weighted by Crippen LogP contribution is 2.37. The first kappa shape index (κ1) is 38.1. The first-order valence-electron chi connectivity index (χ1n) is 16.2. The summed E-state index contributed by atoms with van der Waals surface area (Å²) in [5, 5.41) is 33.6. The van der Waals surface area contributed by atoms with E-state index in [1.165, 1.54) is 5.57 Å². The summed E-state index contributed by atoms with van der Waals surface area (Å²) >= 11 is 0. The van der Waals surface area contributed by atoms with Crippen LogP contribution in [0, 0.1) is 24.2 Å². The topological polar surface area (TPSA) is 113 Å². The number of hydrogen-bond donors (Lipinski definition) is 3. The zero-order valence-corrected chi connectivity index (χ0v) is 29.9. The van der Waals surface area contributed by atoms with Crippen molar-refractivity contribution in [3.05, 3.63) is 54.0 Å². The first-order valence-corrected chi connectivity index (χ1v) is 19.1. The summed E-state index contributed by atoms with van der Waals surface area (Å²) in [7, 11) is -1.74. The molecule has 1 heterocycles. The third kappa shape index (κ3) is 10.2. The Morgan fingerprint density at radius 3 is 2.43 bits per heavy atom. The van der Waals surface area contributed by atoms with Gasteiger partial charge in [-0.05, 0) is 80.8 Å². The highest BCUT2D eigenvalue weighted by atomic mass is 28.4. The Kier molecular flexibility index (Phi) is 13.8. The van der Waals surface area contributed by atoms with Crippen LogP contribution in [-0.4, -0.2) is 53.2 Å². The van der Waals surface area contributed by atoms with Crippen LogP contribution in [0.2, 0.25) is 18.1 Å². The lowest BCUT2D eigenvalue weighted by Crippen LogP contribution is -2.46. The van der Waals surface area contributed by atoms with Gasteiger partial charge in [-0.2, -0.15) is 0 Å². The number of aliphatic hydroxyl groups excluding tert-OH is 3. The minimum absolute atomic E-state index is 0.0277. The van der Waals surface area contributed by atoms with E-state index < -0.39 is 38.0 Å². The lowest BCUT2D eigenvalue weighted by molar-refractivity contribution is -0.143. The molecule has 248 valence electrons. The summed E-state index contributed by atoms with van der Waals surface area (Å²) < 4.78 is 11.8. The van der Waals surface area contributed by atoms with Gasteiger partial charge >= 0.3 is 0 Å². The minimum atomic E-state index is -1.74. The van der Waals surface area contributed by atoms with E-state index >= 15 is 0 Å². The number of aryl methyl sites for hydroxylation is 1. The maximum Gasteiger partial charge on any atom is 0.192 e. The molecular formula is C36H59NO6Si. The quantitative estimate of drug-likeness (QED) is 0.0865. The molecule has 3 N–H and O–H groups in total. The lowest BCUT2D eigenvalue weighted by atomic mass is 9.70. The number of ketones is 1. The maximum atomic E-state index is 13.8. The molecule has 7 nitrogen and oxygen atoms in total. The van der Waals surface area contributed by atoms with Crippen LogP contribution in [0.1, 0.15) is 105 Å². The van der Waals surface area contributed by atoms with Gasteiger partial charge in [-0.1, -0.05) is 65.3 Å². The Morgan fingerprint density at radius 1 is 1.16 bits per heavy atom. The predicted octanol–water partition coefficient (Wildman–Crippen LogP) is 8.23. The summed E-state index contributed by atoms with van der Waals surface area (Å²) in [5.41, 5.74) is 1.98. The number of carbonyl (C=O) groups excluding carboxylic acids is 1. The Hall–Kier alpha value is -2.10. The molecule has 0 amide bonds. The van der Waals surface area contributed by atoms with Crippen LogP contribution >= 0.6 is 0 Å². The van der Waals surface area contributed by atoms with E-state index in [2.05, 4.69) is 58.4 Å². The molecule has 0 bridgehead atoms. The fraction of sp³-hybridized carbons (Fsp3) is 0.667. The molecule has 0 fully saturated rings. The molecule has 0 aliphatic carbocycles. The van der Waals surface area contributed by atoms with Gasteiger partial charge in [-0.15, -0.1) is 6.58 Å². The van der Waals surface area contributed by atoms with Crippen molar-refractivity contribution >= 4 is 25.2 Å². The summed E-state index contributed by atoms with van der Waals surface area (Å²) in [6.07, 6.45) is 4.73. The summed E-state index contributed by atoms with van der Waals surface area (Å²) in [4.78, 5) is 18.1. The molecule has 5 atom stereocenters. The molecule has 8 heteroatoms. The number of rotatable bonds is 18. The normalized spacial score (nSPS) is 16.9. The van der Waals surface area contributed by atoms with E-state index in [1.807, 2.05) is 6.92 Å². The third-order valence-electron chi connectivity index (χ3n) is 9.68. The SMILES string of the molecule is C=CC[C@@H](C(=O)C(C)(C)[C@@H](O)CC(O)c1ccc2oc(C)nc2c1)[C@@H](O)[C@@H](C)CCCC(C)=CCCO[Si](C)(C)C(C)(C)C. The molecule has 44 heavy (non-hydrogen) atoms. The molecular weight excluding hydrogens is 570 g/mol. The minimum Gasteiger partial charge on any atom is -0.441 e. The molecule has 0 saturated heterocycles. The van der Waals surface area contributed by atoms with Crippen LogP contribution in [-0.2, 0) is 9.22 Å². The van der Waals surface area contributed by atoms with E-state index in [-0.39, 0.29) is 23.2 Å². The van der Waals surface area contributed by atoms with Crippen molar-refractivity contribution in [1.82, 2.24) is 4.98 Å². The van der Waals surface area contributed by atoms with Gasteiger partial charge in [0.1, 0.15) is 11.3 Å². The smallest absolute Gasteiger partial charge is 0.192 e. The third-order valence-corrected chi connectivity index (χ3v) is 14.2.